The maximum absolute atomic E-state index is 12.3. The van der Waals surface area contributed by atoms with Crippen molar-refractivity contribution in [3.8, 4) is 11.5 Å². The summed E-state index contributed by atoms with van der Waals surface area (Å²) in [5.41, 5.74) is 3.76. The summed E-state index contributed by atoms with van der Waals surface area (Å²) in [5, 5.41) is 11.1. The summed E-state index contributed by atoms with van der Waals surface area (Å²) in [6, 6.07) is 12.7. The molecule has 0 fully saturated rings. The molecule has 1 aromatic heterocycles. The molecule has 0 aliphatic carbocycles. The van der Waals surface area contributed by atoms with Gasteiger partial charge < -0.3 is 14.5 Å². The molecule has 8 heteroatoms. The number of ether oxygens (including phenoxy) is 1. The van der Waals surface area contributed by atoms with Gasteiger partial charge in [0.15, 0.2) is 0 Å². The Balaban J connectivity index is 1.62. The number of nitrogens with one attached hydrogen (secondary N) is 1. The van der Waals surface area contributed by atoms with Crippen molar-refractivity contribution in [2.45, 2.75) is 26.0 Å². The van der Waals surface area contributed by atoms with E-state index in [1.807, 2.05) is 26.0 Å². The van der Waals surface area contributed by atoms with E-state index in [0.717, 1.165) is 28.5 Å². The second-order valence-electron chi connectivity index (χ2n) is 6.35. The van der Waals surface area contributed by atoms with Crippen molar-refractivity contribution < 1.29 is 18.7 Å². The molecule has 0 saturated heterocycles. The monoisotopic (exact) mass is 411 g/mol. The zero-order valence-corrected chi connectivity index (χ0v) is 17.2. The van der Waals surface area contributed by atoms with E-state index < -0.39 is 5.97 Å². The first-order valence-corrected chi connectivity index (χ1v) is 10.1. The number of carbonyl (C=O) groups is 2. The van der Waals surface area contributed by atoms with Crippen LogP contribution in [0.5, 0.6) is 0 Å². The quantitative estimate of drug-likeness (QED) is 0.458. The van der Waals surface area contributed by atoms with Gasteiger partial charge in [0.05, 0.1) is 23.6 Å². The summed E-state index contributed by atoms with van der Waals surface area (Å²) in [7, 11) is 0. The first-order chi connectivity index (χ1) is 14.0. The van der Waals surface area contributed by atoms with Crippen molar-refractivity contribution in [1.82, 2.24) is 10.2 Å². The van der Waals surface area contributed by atoms with Gasteiger partial charge in [0.25, 0.3) is 5.22 Å². The first kappa shape index (κ1) is 20.6. The van der Waals surface area contributed by atoms with E-state index in [-0.39, 0.29) is 18.3 Å². The smallest absolute Gasteiger partial charge is 0.340 e. The van der Waals surface area contributed by atoms with Crippen LogP contribution < -0.4 is 5.32 Å². The Bertz CT molecular complexity index is 1010. The number of para-hydroxylation sites is 1. The van der Waals surface area contributed by atoms with Gasteiger partial charge in [-0.25, -0.2) is 4.79 Å². The molecule has 1 heterocycles. The highest BCUT2D eigenvalue weighted by molar-refractivity contribution is 7.99. The molecule has 3 rings (SSSR count). The fraction of sp³-hybridized carbons (Fsp3) is 0.238. The molecular weight excluding hydrogens is 390 g/mol. The SMILES string of the molecule is CCOC(=O)c1ccccc1NC(=O)CSc1nnc(-c2cc(C)cc(C)c2)o1. The van der Waals surface area contributed by atoms with Gasteiger partial charge in [-0.2, -0.15) is 0 Å². The van der Waals surface area contributed by atoms with Crippen LogP contribution in [0.15, 0.2) is 52.1 Å². The third-order valence-corrected chi connectivity index (χ3v) is 4.72. The minimum absolute atomic E-state index is 0.0611. The van der Waals surface area contributed by atoms with Crippen LogP contribution in [0.25, 0.3) is 11.5 Å². The van der Waals surface area contributed by atoms with Gasteiger partial charge in [-0.05, 0) is 45.0 Å². The number of nitrogens with zero attached hydrogens (tertiary/aromatic N) is 2. The van der Waals surface area contributed by atoms with Crippen LogP contribution in [0.2, 0.25) is 0 Å². The van der Waals surface area contributed by atoms with Gasteiger partial charge in [-0.1, -0.05) is 41.1 Å². The Morgan fingerprint density at radius 1 is 1.10 bits per heavy atom. The number of aromatic nitrogens is 2. The van der Waals surface area contributed by atoms with Crippen molar-refractivity contribution in [3.05, 3.63) is 59.2 Å². The van der Waals surface area contributed by atoms with E-state index in [4.69, 9.17) is 9.15 Å². The summed E-state index contributed by atoms with van der Waals surface area (Å²) in [4.78, 5) is 24.3. The van der Waals surface area contributed by atoms with Crippen LogP contribution in [-0.4, -0.2) is 34.4 Å². The van der Waals surface area contributed by atoms with Crippen molar-refractivity contribution in [3.63, 3.8) is 0 Å². The topological polar surface area (TPSA) is 94.3 Å². The zero-order chi connectivity index (χ0) is 20.8. The minimum Gasteiger partial charge on any atom is -0.462 e. The fourth-order valence-corrected chi connectivity index (χ4v) is 3.34. The summed E-state index contributed by atoms with van der Waals surface area (Å²) in [6.45, 7) is 5.99. The maximum Gasteiger partial charge on any atom is 0.340 e. The van der Waals surface area contributed by atoms with Crippen LogP contribution >= 0.6 is 11.8 Å². The van der Waals surface area contributed by atoms with Crippen molar-refractivity contribution >= 4 is 29.3 Å². The Hall–Kier alpha value is -3.13. The number of aryl methyl sites for hydroxylation is 2. The Labute approximate surface area is 172 Å². The van der Waals surface area contributed by atoms with E-state index in [9.17, 15) is 9.59 Å². The molecule has 0 aliphatic heterocycles. The fourth-order valence-electron chi connectivity index (χ4n) is 2.78. The average Bonchev–Trinajstić information content (AvgIpc) is 3.15. The number of thioether (sulfide) groups is 1. The van der Waals surface area contributed by atoms with Gasteiger partial charge in [0.1, 0.15) is 0 Å². The molecule has 0 aliphatic rings. The lowest BCUT2D eigenvalue weighted by Gasteiger charge is -2.09. The Morgan fingerprint density at radius 2 is 1.83 bits per heavy atom. The largest absolute Gasteiger partial charge is 0.462 e. The molecule has 0 saturated carbocycles. The Morgan fingerprint density at radius 3 is 2.55 bits per heavy atom. The lowest BCUT2D eigenvalue weighted by Crippen LogP contribution is -2.17. The lowest BCUT2D eigenvalue weighted by atomic mass is 10.1. The van der Waals surface area contributed by atoms with Gasteiger partial charge in [-0.3, -0.25) is 4.79 Å². The molecule has 1 N–H and O–H groups in total. The highest BCUT2D eigenvalue weighted by Gasteiger charge is 2.16. The molecule has 0 bridgehead atoms. The standard InChI is InChI=1S/C21H21N3O4S/c1-4-27-20(26)16-7-5-6-8-17(16)22-18(25)12-29-21-24-23-19(28-21)15-10-13(2)9-14(3)11-15/h5-11H,4,12H2,1-3H3,(H,22,25). The molecule has 0 radical (unpaired) electrons. The second kappa shape index (κ2) is 9.38. The maximum atomic E-state index is 12.3. The normalized spacial score (nSPS) is 10.6. The second-order valence-corrected chi connectivity index (χ2v) is 7.28. The zero-order valence-electron chi connectivity index (χ0n) is 16.4. The highest BCUT2D eigenvalue weighted by atomic mass is 32.2. The van der Waals surface area contributed by atoms with E-state index >= 15 is 0 Å². The van der Waals surface area contributed by atoms with Crippen LogP contribution in [0.3, 0.4) is 0 Å². The molecule has 150 valence electrons. The van der Waals surface area contributed by atoms with E-state index in [1.54, 1.807) is 31.2 Å². The number of carbonyl (C=O) groups excluding carboxylic acids is 2. The molecule has 0 unspecified atom stereocenters. The molecule has 1 amide bonds. The minimum atomic E-state index is -0.481. The molecule has 29 heavy (non-hydrogen) atoms. The number of anilines is 1. The number of hydrogen-bond donors (Lipinski definition) is 1. The van der Waals surface area contributed by atoms with Crippen LogP contribution in [-0.2, 0) is 9.53 Å². The summed E-state index contributed by atoms with van der Waals surface area (Å²) in [5.74, 6) is -0.303. The number of rotatable bonds is 7. The van der Waals surface area contributed by atoms with Crippen molar-refractivity contribution in [2.75, 3.05) is 17.7 Å². The van der Waals surface area contributed by atoms with Crippen molar-refractivity contribution in [1.29, 1.82) is 0 Å². The van der Waals surface area contributed by atoms with Crippen LogP contribution in [0.4, 0.5) is 5.69 Å². The third-order valence-electron chi connectivity index (χ3n) is 3.90. The van der Waals surface area contributed by atoms with E-state index in [1.165, 1.54) is 0 Å². The Kier molecular flexibility index (Phi) is 6.66. The predicted molar refractivity (Wildman–Crippen MR) is 111 cm³/mol. The first-order valence-electron chi connectivity index (χ1n) is 9.07. The number of benzene rings is 2. The van der Waals surface area contributed by atoms with Crippen molar-refractivity contribution in [2.24, 2.45) is 0 Å². The average molecular weight is 411 g/mol. The molecule has 0 spiro atoms. The number of hydrogen-bond acceptors (Lipinski definition) is 7. The van der Waals surface area contributed by atoms with Gasteiger partial charge in [-0.15, -0.1) is 10.2 Å². The molecular formula is C21H21N3O4S. The van der Waals surface area contributed by atoms with Gasteiger partial charge in [0, 0.05) is 5.56 Å². The van der Waals surface area contributed by atoms with Crippen LogP contribution in [0.1, 0.15) is 28.4 Å². The molecule has 0 atom stereocenters. The predicted octanol–water partition coefficient (Wildman–Crippen LogP) is 4.26. The number of esters is 1. The summed E-state index contributed by atoms with van der Waals surface area (Å²) in [6.07, 6.45) is 0. The highest BCUT2D eigenvalue weighted by Crippen LogP contribution is 2.25. The summed E-state index contributed by atoms with van der Waals surface area (Å²) >= 11 is 1.13. The molecule has 3 aromatic rings. The van der Waals surface area contributed by atoms with Crippen LogP contribution in [0, 0.1) is 13.8 Å². The molecule has 2 aromatic carbocycles. The van der Waals surface area contributed by atoms with E-state index in [2.05, 4.69) is 21.6 Å². The van der Waals surface area contributed by atoms with Gasteiger partial charge in [0.2, 0.25) is 11.8 Å². The summed E-state index contributed by atoms with van der Waals surface area (Å²) < 4.78 is 10.7. The number of amides is 1. The third kappa shape index (κ3) is 5.45. The van der Waals surface area contributed by atoms with Gasteiger partial charge >= 0.3 is 5.97 Å². The molecule has 7 nitrogen and oxygen atoms in total. The lowest BCUT2D eigenvalue weighted by molar-refractivity contribution is -0.113. The van der Waals surface area contributed by atoms with E-state index in [0.29, 0.717) is 22.4 Å².